The highest BCUT2D eigenvalue weighted by Crippen LogP contribution is 2.24. The summed E-state index contributed by atoms with van der Waals surface area (Å²) in [5, 5.41) is 8.66. The molecule has 4 rings (SSSR count). The molecule has 26 heavy (non-hydrogen) atoms. The van der Waals surface area contributed by atoms with Gasteiger partial charge in [0.05, 0.1) is 5.69 Å². The molecule has 2 aromatic carbocycles. The molecule has 0 N–H and O–H groups in total. The van der Waals surface area contributed by atoms with E-state index in [1.807, 2.05) is 24.3 Å². The molecule has 6 heteroatoms. The molecular weight excluding hydrogens is 334 g/mol. The van der Waals surface area contributed by atoms with Crippen molar-refractivity contribution in [1.29, 1.82) is 0 Å². The van der Waals surface area contributed by atoms with E-state index in [2.05, 4.69) is 19.8 Å². The van der Waals surface area contributed by atoms with E-state index in [4.69, 9.17) is 0 Å². The second-order valence-corrected chi connectivity index (χ2v) is 6.37. The molecule has 0 saturated heterocycles. The quantitative estimate of drug-likeness (QED) is 0.641. The number of fused-ring (bicyclic) bond motifs is 1. The zero-order chi connectivity index (χ0) is 17.9. The topological polar surface area (TPSA) is 43.1 Å². The Hall–Kier alpha value is -2.89. The van der Waals surface area contributed by atoms with Gasteiger partial charge in [-0.2, -0.15) is 0 Å². The molecule has 4 nitrogen and oxygen atoms in total. The Morgan fingerprint density at radius 3 is 2.62 bits per heavy atom. The highest BCUT2D eigenvalue weighted by atomic mass is 19.1. The summed E-state index contributed by atoms with van der Waals surface area (Å²) < 4.78 is 28.8. The molecule has 0 amide bonds. The second kappa shape index (κ2) is 7.15. The zero-order valence-electron chi connectivity index (χ0n) is 14.2. The van der Waals surface area contributed by atoms with Crippen molar-refractivity contribution in [2.75, 3.05) is 0 Å². The van der Waals surface area contributed by atoms with Crippen LogP contribution in [-0.2, 0) is 13.0 Å². The molecule has 132 valence electrons. The number of nitrogens with zero attached hydrogens (tertiary/aromatic N) is 4. The Morgan fingerprint density at radius 1 is 0.962 bits per heavy atom. The van der Waals surface area contributed by atoms with Crippen molar-refractivity contribution in [2.24, 2.45) is 4.99 Å². The number of aryl methyl sites for hydroxylation is 1. The molecule has 1 aliphatic rings. The van der Waals surface area contributed by atoms with E-state index in [-0.39, 0.29) is 5.56 Å². The standard InChI is InChI=1S/C20H18F2N4/c21-16-8-5-15(18(22)12-16)13-23-17-9-6-14(7-10-17)20-25-24-19-4-2-1-3-11-26(19)20/h5-10,12-13H,1-4,11H2. The summed E-state index contributed by atoms with van der Waals surface area (Å²) in [5.74, 6) is 0.696. The Morgan fingerprint density at radius 2 is 1.81 bits per heavy atom. The first-order valence-corrected chi connectivity index (χ1v) is 8.72. The maximum absolute atomic E-state index is 13.6. The van der Waals surface area contributed by atoms with Gasteiger partial charge < -0.3 is 4.57 Å². The minimum Gasteiger partial charge on any atom is -0.311 e. The number of rotatable bonds is 3. The van der Waals surface area contributed by atoms with Crippen molar-refractivity contribution in [3.63, 3.8) is 0 Å². The number of benzene rings is 2. The lowest BCUT2D eigenvalue weighted by atomic mass is 10.2. The van der Waals surface area contributed by atoms with Crippen LogP contribution in [0.2, 0.25) is 0 Å². The second-order valence-electron chi connectivity index (χ2n) is 6.37. The van der Waals surface area contributed by atoms with Crippen molar-refractivity contribution >= 4 is 11.9 Å². The number of aliphatic imine (C=N–C) groups is 1. The molecule has 1 aromatic heterocycles. The van der Waals surface area contributed by atoms with Gasteiger partial charge in [0.25, 0.3) is 0 Å². The number of halogens is 2. The summed E-state index contributed by atoms with van der Waals surface area (Å²) in [6.07, 6.45) is 5.89. The molecule has 0 aliphatic carbocycles. The Kier molecular flexibility index (Phi) is 4.56. The fourth-order valence-electron chi connectivity index (χ4n) is 3.15. The van der Waals surface area contributed by atoms with Gasteiger partial charge in [-0.3, -0.25) is 4.99 Å². The van der Waals surface area contributed by atoms with Gasteiger partial charge in [0.15, 0.2) is 5.82 Å². The molecule has 0 fully saturated rings. The normalized spacial score (nSPS) is 14.4. The van der Waals surface area contributed by atoms with Crippen LogP contribution in [0.3, 0.4) is 0 Å². The maximum atomic E-state index is 13.6. The molecule has 0 radical (unpaired) electrons. The van der Waals surface area contributed by atoms with E-state index in [0.717, 1.165) is 49.1 Å². The van der Waals surface area contributed by atoms with E-state index >= 15 is 0 Å². The summed E-state index contributed by atoms with van der Waals surface area (Å²) in [7, 11) is 0. The van der Waals surface area contributed by atoms with Crippen molar-refractivity contribution < 1.29 is 8.78 Å². The summed E-state index contributed by atoms with van der Waals surface area (Å²) in [5.41, 5.74) is 1.92. The Bertz CT molecular complexity index is 945. The van der Waals surface area contributed by atoms with Gasteiger partial charge >= 0.3 is 0 Å². The van der Waals surface area contributed by atoms with Crippen molar-refractivity contribution in [3.8, 4) is 11.4 Å². The minimum atomic E-state index is -0.628. The maximum Gasteiger partial charge on any atom is 0.163 e. The van der Waals surface area contributed by atoms with Crippen LogP contribution in [0.15, 0.2) is 47.5 Å². The third-order valence-electron chi connectivity index (χ3n) is 4.55. The lowest BCUT2D eigenvalue weighted by molar-refractivity contribution is 0.582. The first kappa shape index (κ1) is 16.6. The first-order chi connectivity index (χ1) is 12.7. The molecule has 0 unspecified atom stereocenters. The number of aromatic nitrogens is 3. The van der Waals surface area contributed by atoms with Gasteiger partial charge in [0.2, 0.25) is 0 Å². The monoisotopic (exact) mass is 352 g/mol. The van der Waals surface area contributed by atoms with Crippen molar-refractivity contribution in [1.82, 2.24) is 14.8 Å². The van der Waals surface area contributed by atoms with Crippen LogP contribution in [0.25, 0.3) is 11.4 Å². The van der Waals surface area contributed by atoms with Crippen LogP contribution < -0.4 is 0 Å². The predicted octanol–water partition coefficient (Wildman–Crippen LogP) is 4.70. The van der Waals surface area contributed by atoms with Crippen LogP contribution in [0.4, 0.5) is 14.5 Å². The van der Waals surface area contributed by atoms with Gasteiger partial charge in [-0.15, -0.1) is 10.2 Å². The largest absolute Gasteiger partial charge is 0.311 e. The van der Waals surface area contributed by atoms with E-state index in [1.165, 1.54) is 24.8 Å². The van der Waals surface area contributed by atoms with Gasteiger partial charge in [-0.25, -0.2) is 8.78 Å². The van der Waals surface area contributed by atoms with Crippen LogP contribution >= 0.6 is 0 Å². The van der Waals surface area contributed by atoms with Crippen LogP contribution in [0, 0.1) is 11.6 Å². The fourth-order valence-corrected chi connectivity index (χ4v) is 3.15. The van der Waals surface area contributed by atoms with Crippen LogP contribution in [-0.4, -0.2) is 21.0 Å². The molecule has 1 aliphatic heterocycles. The lowest BCUT2D eigenvalue weighted by Crippen LogP contribution is -2.02. The van der Waals surface area contributed by atoms with Gasteiger partial charge in [-0.05, 0) is 49.2 Å². The van der Waals surface area contributed by atoms with E-state index in [0.29, 0.717) is 5.69 Å². The van der Waals surface area contributed by atoms with Gasteiger partial charge in [0.1, 0.15) is 17.5 Å². The highest BCUT2D eigenvalue weighted by molar-refractivity contribution is 5.82. The average Bonchev–Trinajstić information content (AvgIpc) is 2.90. The summed E-state index contributed by atoms with van der Waals surface area (Å²) in [6, 6.07) is 11.0. The number of hydrogen-bond donors (Lipinski definition) is 0. The zero-order valence-corrected chi connectivity index (χ0v) is 14.2. The van der Waals surface area contributed by atoms with E-state index in [9.17, 15) is 8.78 Å². The molecule has 0 bridgehead atoms. The van der Waals surface area contributed by atoms with Crippen molar-refractivity contribution in [3.05, 3.63) is 65.5 Å². The summed E-state index contributed by atoms with van der Waals surface area (Å²) >= 11 is 0. The fraction of sp³-hybridized carbons (Fsp3) is 0.250. The summed E-state index contributed by atoms with van der Waals surface area (Å²) in [6.45, 7) is 0.946. The van der Waals surface area contributed by atoms with Crippen LogP contribution in [0.5, 0.6) is 0 Å². The third kappa shape index (κ3) is 3.40. The molecular formula is C20H18F2N4. The Labute approximate surface area is 150 Å². The van der Waals surface area contributed by atoms with E-state index in [1.54, 1.807) is 0 Å². The Balaban J connectivity index is 1.56. The van der Waals surface area contributed by atoms with Crippen LogP contribution in [0.1, 0.15) is 30.7 Å². The molecule has 2 heterocycles. The number of hydrogen-bond acceptors (Lipinski definition) is 3. The smallest absolute Gasteiger partial charge is 0.163 e. The molecule has 0 atom stereocenters. The third-order valence-corrected chi connectivity index (χ3v) is 4.55. The molecule has 0 spiro atoms. The SMILES string of the molecule is Fc1ccc(C=Nc2ccc(-c3nnc4n3CCCCC4)cc2)c(F)c1. The average molecular weight is 352 g/mol. The predicted molar refractivity (Wildman–Crippen MR) is 96.6 cm³/mol. The minimum absolute atomic E-state index is 0.248. The lowest BCUT2D eigenvalue weighted by Gasteiger charge is -2.07. The van der Waals surface area contributed by atoms with Gasteiger partial charge in [0, 0.05) is 36.4 Å². The van der Waals surface area contributed by atoms with Gasteiger partial charge in [-0.1, -0.05) is 6.42 Å². The molecule has 3 aromatic rings. The first-order valence-electron chi connectivity index (χ1n) is 8.72. The highest BCUT2D eigenvalue weighted by Gasteiger charge is 2.15. The van der Waals surface area contributed by atoms with E-state index < -0.39 is 11.6 Å². The molecule has 0 saturated carbocycles. The van der Waals surface area contributed by atoms with Crippen molar-refractivity contribution in [2.45, 2.75) is 32.2 Å². The summed E-state index contributed by atoms with van der Waals surface area (Å²) in [4.78, 5) is 4.26.